The Bertz CT molecular complexity index is 2570. The standard InChI is InChI=1S/C47H31N5/c1-3-11-36(12-4-1)45-50-46(37-13-5-2-6-14-37)52-47(51-45)42-28-27-39(40-15-7-8-16-41(40)42)35-24-22-33(23-25-35)32-18-20-34(21-19-32)38-26-29-44(49-31-38)43-17-9-10-30-48-43/h1-31H. The summed E-state index contributed by atoms with van der Waals surface area (Å²) in [7, 11) is 0. The molecule has 0 amide bonds. The summed E-state index contributed by atoms with van der Waals surface area (Å²) in [6.45, 7) is 0. The lowest BCUT2D eigenvalue weighted by Crippen LogP contribution is -2.00. The highest BCUT2D eigenvalue weighted by molar-refractivity contribution is 6.04. The number of rotatable bonds is 7. The van der Waals surface area contributed by atoms with Crippen molar-refractivity contribution < 1.29 is 0 Å². The average Bonchev–Trinajstić information content (AvgIpc) is 3.24. The molecule has 0 aliphatic carbocycles. The molecule has 5 nitrogen and oxygen atoms in total. The van der Waals surface area contributed by atoms with Gasteiger partial charge in [0, 0.05) is 34.6 Å². The molecule has 5 heteroatoms. The predicted molar refractivity (Wildman–Crippen MR) is 211 cm³/mol. The maximum absolute atomic E-state index is 5.01. The highest BCUT2D eigenvalue weighted by atomic mass is 15.0. The molecule has 9 aromatic rings. The monoisotopic (exact) mass is 665 g/mol. The van der Waals surface area contributed by atoms with E-state index in [4.69, 9.17) is 15.0 Å². The number of pyridine rings is 2. The van der Waals surface area contributed by atoms with Gasteiger partial charge in [0.15, 0.2) is 17.5 Å². The normalized spacial score (nSPS) is 11.1. The van der Waals surface area contributed by atoms with Crippen LogP contribution in [0.4, 0.5) is 0 Å². The second-order valence-electron chi connectivity index (χ2n) is 12.5. The van der Waals surface area contributed by atoms with Crippen LogP contribution in [0.3, 0.4) is 0 Å². The van der Waals surface area contributed by atoms with Crippen molar-refractivity contribution in [3.8, 4) is 78.9 Å². The third-order valence-electron chi connectivity index (χ3n) is 9.30. The summed E-state index contributed by atoms with van der Waals surface area (Å²) in [5.41, 5.74) is 11.4. The van der Waals surface area contributed by atoms with E-state index in [-0.39, 0.29) is 0 Å². The van der Waals surface area contributed by atoms with E-state index in [1.807, 2.05) is 91.1 Å². The van der Waals surface area contributed by atoms with E-state index in [0.717, 1.165) is 72.2 Å². The van der Waals surface area contributed by atoms with Crippen molar-refractivity contribution in [2.45, 2.75) is 0 Å². The van der Waals surface area contributed by atoms with Crippen LogP contribution in [0.2, 0.25) is 0 Å². The molecule has 0 radical (unpaired) electrons. The largest absolute Gasteiger partial charge is 0.255 e. The Morgan fingerprint density at radius 3 is 1.29 bits per heavy atom. The van der Waals surface area contributed by atoms with Crippen molar-refractivity contribution in [1.82, 2.24) is 24.9 Å². The molecule has 0 aliphatic rings. The molecule has 9 rings (SSSR count). The van der Waals surface area contributed by atoms with Crippen LogP contribution >= 0.6 is 0 Å². The first-order chi connectivity index (χ1) is 25.8. The first-order valence-corrected chi connectivity index (χ1v) is 17.2. The van der Waals surface area contributed by atoms with Gasteiger partial charge in [-0.1, -0.05) is 152 Å². The molecular weight excluding hydrogens is 635 g/mol. The summed E-state index contributed by atoms with van der Waals surface area (Å²) >= 11 is 0. The maximum atomic E-state index is 5.01. The van der Waals surface area contributed by atoms with Gasteiger partial charge in [-0.2, -0.15) is 0 Å². The second-order valence-corrected chi connectivity index (χ2v) is 12.5. The van der Waals surface area contributed by atoms with Gasteiger partial charge in [0.2, 0.25) is 0 Å². The van der Waals surface area contributed by atoms with Gasteiger partial charge in [0.1, 0.15) is 0 Å². The molecule has 3 aromatic heterocycles. The van der Waals surface area contributed by atoms with Crippen LogP contribution in [0.15, 0.2) is 188 Å². The van der Waals surface area contributed by atoms with Crippen LogP contribution in [0.25, 0.3) is 89.7 Å². The molecule has 0 atom stereocenters. The zero-order chi connectivity index (χ0) is 34.7. The number of nitrogens with zero attached hydrogens (tertiary/aromatic N) is 5. The predicted octanol–water partition coefficient (Wildman–Crippen LogP) is 11.5. The van der Waals surface area contributed by atoms with Gasteiger partial charge in [0.25, 0.3) is 0 Å². The lowest BCUT2D eigenvalue weighted by atomic mass is 9.93. The van der Waals surface area contributed by atoms with Crippen molar-refractivity contribution in [3.63, 3.8) is 0 Å². The van der Waals surface area contributed by atoms with Crippen LogP contribution in [-0.4, -0.2) is 24.9 Å². The number of aromatic nitrogens is 5. The molecule has 0 bridgehead atoms. The molecule has 0 fully saturated rings. The Morgan fingerprint density at radius 2 is 0.731 bits per heavy atom. The molecule has 52 heavy (non-hydrogen) atoms. The van der Waals surface area contributed by atoms with Crippen LogP contribution < -0.4 is 0 Å². The number of fused-ring (bicyclic) bond motifs is 1. The topological polar surface area (TPSA) is 64.5 Å². The van der Waals surface area contributed by atoms with Crippen molar-refractivity contribution in [2.24, 2.45) is 0 Å². The van der Waals surface area contributed by atoms with Gasteiger partial charge in [-0.25, -0.2) is 15.0 Å². The van der Waals surface area contributed by atoms with Crippen LogP contribution in [0, 0.1) is 0 Å². The Balaban J connectivity index is 1.02. The summed E-state index contributed by atoms with van der Waals surface area (Å²) < 4.78 is 0. The summed E-state index contributed by atoms with van der Waals surface area (Å²) in [5.74, 6) is 1.95. The smallest absolute Gasteiger partial charge is 0.164 e. The fraction of sp³-hybridized carbons (Fsp3) is 0. The van der Waals surface area contributed by atoms with E-state index in [2.05, 4.69) is 101 Å². The van der Waals surface area contributed by atoms with Gasteiger partial charge in [-0.15, -0.1) is 0 Å². The van der Waals surface area contributed by atoms with Gasteiger partial charge >= 0.3 is 0 Å². The third-order valence-corrected chi connectivity index (χ3v) is 9.30. The molecule has 0 saturated carbocycles. The van der Waals surface area contributed by atoms with Gasteiger partial charge in [0.05, 0.1) is 11.4 Å². The van der Waals surface area contributed by atoms with Crippen molar-refractivity contribution >= 4 is 10.8 Å². The lowest BCUT2D eigenvalue weighted by molar-refractivity contribution is 1.08. The molecule has 3 heterocycles. The van der Waals surface area contributed by atoms with Crippen molar-refractivity contribution in [2.75, 3.05) is 0 Å². The lowest BCUT2D eigenvalue weighted by Gasteiger charge is -2.13. The van der Waals surface area contributed by atoms with Gasteiger partial charge in [-0.05, 0) is 62.9 Å². The minimum absolute atomic E-state index is 0.647. The fourth-order valence-electron chi connectivity index (χ4n) is 6.60. The molecule has 0 unspecified atom stereocenters. The minimum atomic E-state index is 0.647. The molecule has 244 valence electrons. The summed E-state index contributed by atoms with van der Waals surface area (Å²) in [6, 6.07) is 60.4. The Kier molecular flexibility index (Phi) is 8.12. The number of benzene rings is 6. The van der Waals surface area contributed by atoms with Gasteiger partial charge < -0.3 is 0 Å². The zero-order valence-corrected chi connectivity index (χ0v) is 28.1. The first kappa shape index (κ1) is 30.9. The Hall–Kier alpha value is -7.11. The van der Waals surface area contributed by atoms with Crippen molar-refractivity contribution in [3.05, 3.63) is 188 Å². The third kappa shape index (κ3) is 6.12. The quantitative estimate of drug-likeness (QED) is 0.169. The fourth-order valence-corrected chi connectivity index (χ4v) is 6.60. The number of hydrogen-bond donors (Lipinski definition) is 0. The summed E-state index contributed by atoms with van der Waals surface area (Å²) in [4.78, 5) is 24.0. The van der Waals surface area contributed by atoms with Crippen LogP contribution in [0.5, 0.6) is 0 Å². The maximum Gasteiger partial charge on any atom is 0.164 e. The molecule has 6 aromatic carbocycles. The molecule has 0 saturated heterocycles. The van der Waals surface area contributed by atoms with E-state index in [0.29, 0.717) is 17.5 Å². The Morgan fingerprint density at radius 1 is 0.269 bits per heavy atom. The number of hydrogen-bond acceptors (Lipinski definition) is 5. The molecule has 0 spiro atoms. The molecular formula is C47H31N5. The summed E-state index contributed by atoms with van der Waals surface area (Å²) in [5, 5.41) is 2.23. The van der Waals surface area contributed by atoms with E-state index in [9.17, 15) is 0 Å². The highest BCUT2D eigenvalue weighted by Gasteiger charge is 2.16. The minimum Gasteiger partial charge on any atom is -0.255 e. The van der Waals surface area contributed by atoms with E-state index >= 15 is 0 Å². The molecule has 0 aliphatic heterocycles. The zero-order valence-electron chi connectivity index (χ0n) is 28.1. The summed E-state index contributed by atoms with van der Waals surface area (Å²) in [6.07, 6.45) is 3.70. The SMILES string of the molecule is c1ccc(-c2nc(-c3ccccc3)nc(-c3ccc(-c4ccc(-c5ccc(-c6ccc(-c7ccccn7)nc6)cc5)cc4)c4ccccc34)n2)cc1. The Labute approximate surface area is 302 Å². The highest BCUT2D eigenvalue weighted by Crippen LogP contribution is 2.36. The van der Waals surface area contributed by atoms with E-state index in [1.165, 1.54) is 0 Å². The second kappa shape index (κ2) is 13.7. The first-order valence-electron chi connectivity index (χ1n) is 17.2. The van der Waals surface area contributed by atoms with Crippen LogP contribution in [0.1, 0.15) is 0 Å². The average molecular weight is 666 g/mol. The molecule has 0 N–H and O–H groups in total. The van der Waals surface area contributed by atoms with E-state index < -0.39 is 0 Å². The van der Waals surface area contributed by atoms with E-state index in [1.54, 1.807) is 6.20 Å². The van der Waals surface area contributed by atoms with Crippen molar-refractivity contribution in [1.29, 1.82) is 0 Å². The van der Waals surface area contributed by atoms with Crippen LogP contribution in [-0.2, 0) is 0 Å². The van der Waals surface area contributed by atoms with Gasteiger partial charge in [-0.3, -0.25) is 9.97 Å².